The highest BCUT2D eigenvalue weighted by molar-refractivity contribution is 6.29. The molecule has 0 radical (unpaired) electrons. The Hall–Kier alpha value is -11.8. The van der Waals surface area contributed by atoms with Crippen LogP contribution in [0, 0.1) is 0 Å². The van der Waals surface area contributed by atoms with E-state index in [1.165, 1.54) is 0 Å². The van der Waals surface area contributed by atoms with Gasteiger partial charge in [-0.25, -0.2) is 0 Å². The van der Waals surface area contributed by atoms with E-state index in [-0.39, 0.29) is 97.0 Å². The first-order valence-electron chi connectivity index (χ1n) is 37.2. The molecule has 0 saturated carbocycles. The lowest BCUT2D eigenvalue weighted by Gasteiger charge is -2.18. The van der Waals surface area contributed by atoms with Crippen LogP contribution in [0.15, 0.2) is 328 Å². The number of benzene rings is 16. The van der Waals surface area contributed by atoms with Gasteiger partial charge in [-0.05, 0) is 158 Å². The van der Waals surface area contributed by atoms with Gasteiger partial charge in [-0.3, -0.25) is 0 Å². The first-order chi connectivity index (χ1) is 50.8. The minimum absolute atomic E-state index is 0.156. The molecule has 0 aliphatic carbocycles. The average molecular weight is 1150 g/mol. The maximum absolute atomic E-state index is 9.39. The maximum Gasteiger partial charge on any atom is 0.143 e. The number of fused-ring (bicyclic) bond motifs is 14. The van der Waals surface area contributed by atoms with E-state index in [2.05, 4.69) is 30.3 Å². The minimum Gasteiger partial charge on any atom is -0.456 e. The summed E-state index contributed by atoms with van der Waals surface area (Å²) in [5.41, 5.74) is 10.6. The second-order valence-corrected chi connectivity index (χ2v) is 22.0. The molecule has 0 bridgehead atoms. The molecule has 0 atom stereocenters. The third kappa shape index (κ3) is 8.06. The van der Waals surface area contributed by atoms with Gasteiger partial charge < -0.3 is 13.3 Å². The zero-order valence-corrected chi connectivity index (χ0v) is 47.0. The Morgan fingerprint density at radius 1 is 0.213 bits per heavy atom. The van der Waals surface area contributed by atoms with Crippen molar-refractivity contribution >= 4 is 120 Å². The Bertz CT molecular complexity index is 6880. The molecular weight excluding hydrogens is 1080 g/mol. The normalized spacial score (nSPS) is 14.3. The van der Waals surface area contributed by atoms with Crippen LogP contribution in [0.1, 0.15) is 21.9 Å². The van der Waals surface area contributed by atoms with Crippen molar-refractivity contribution in [2.24, 2.45) is 0 Å². The van der Waals surface area contributed by atoms with Crippen LogP contribution in [0.4, 0.5) is 0 Å². The molecule has 0 amide bonds. The summed E-state index contributed by atoms with van der Waals surface area (Å²) in [5, 5.41) is 8.25. The van der Waals surface area contributed by atoms with Crippen molar-refractivity contribution in [2.75, 3.05) is 0 Å². The molecule has 0 N–H and O–H groups in total. The molecule has 414 valence electrons. The van der Waals surface area contributed by atoms with Gasteiger partial charge in [-0.15, -0.1) is 0 Å². The van der Waals surface area contributed by atoms with Crippen molar-refractivity contribution in [3.8, 4) is 66.8 Å². The zero-order valence-electron chi connectivity index (χ0n) is 63.0. The summed E-state index contributed by atoms with van der Waals surface area (Å²) in [5.74, 6) is 0. The van der Waals surface area contributed by atoms with Crippen molar-refractivity contribution in [1.82, 2.24) is 0 Å². The van der Waals surface area contributed by atoms with Crippen LogP contribution in [0.5, 0.6) is 0 Å². The van der Waals surface area contributed by atoms with Gasteiger partial charge in [0.2, 0.25) is 0 Å². The van der Waals surface area contributed by atoms with Crippen molar-refractivity contribution < 1.29 is 35.2 Å². The van der Waals surface area contributed by atoms with E-state index in [4.69, 9.17) is 24.2 Å². The van der Waals surface area contributed by atoms with Gasteiger partial charge >= 0.3 is 0 Å². The summed E-state index contributed by atoms with van der Waals surface area (Å²) in [6, 6.07) is 62.9. The summed E-state index contributed by atoms with van der Waals surface area (Å²) in [7, 11) is 0. The Labute approximate surface area is 534 Å². The fourth-order valence-corrected chi connectivity index (χ4v) is 13.4. The molecule has 0 spiro atoms. The second kappa shape index (κ2) is 20.4. The van der Waals surface area contributed by atoms with Crippen molar-refractivity contribution in [1.29, 1.82) is 0 Å². The first kappa shape index (κ1) is 36.9. The Morgan fingerprint density at radius 3 is 1.03 bits per heavy atom. The Morgan fingerprint density at radius 2 is 0.562 bits per heavy atom. The van der Waals surface area contributed by atoms with E-state index < -0.39 is 48.3 Å². The van der Waals surface area contributed by atoms with Gasteiger partial charge in [-0.1, -0.05) is 267 Å². The molecule has 3 aromatic heterocycles. The van der Waals surface area contributed by atoms with Gasteiger partial charge in [0.15, 0.2) is 0 Å². The predicted octanol–water partition coefficient (Wildman–Crippen LogP) is 24.8. The van der Waals surface area contributed by atoms with E-state index in [9.17, 15) is 11.0 Å². The highest BCUT2D eigenvalue weighted by Crippen LogP contribution is 2.51. The summed E-state index contributed by atoms with van der Waals surface area (Å²) in [6.45, 7) is 0. The topological polar surface area (TPSA) is 39.4 Å². The van der Waals surface area contributed by atoms with Crippen molar-refractivity contribution in [2.45, 2.75) is 0 Å². The number of hydrogen-bond acceptors (Lipinski definition) is 3. The number of hydrogen-bond donors (Lipinski definition) is 0. The molecule has 3 heteroatoms. The van der Waals surface area contributed by atoms with Crippen LogP contribution in [0.2, 0.25) is 0 Å². The van der Waals surface area contributed by atoms with Gasteiger partial charge in [0.05, 0.1) is 21.9 Å². The molecule has 16 aromatic carbocycles. The van der Waals surface area contributed by atoms with Crippen LogP contribution < -0.4 is 0 Å². The Balaban J connectivity index is 0.000000149. The quantitative estimate of drug-likeness (QED) is 0.156. The third-order valence-electron chi connectivity index (χ3n) is 17.2. The molecule has 0 aliphatic rings. The van der Waals surface area contributed by atoms with E-state index in [1.54, 1.807) is 48.5 Å². The average Bonchev–Trinajstić information content (AvgIpc) is 1.28. The van der Waals surface area contributed by atoms with Crippen molar-refractivity contribution in [3.05, 3.63) is 315 Å². The largest absolute Gasteiger partial charge is 0.456 e. The van der Waals surface area contributed by atoms with E-state index in [0.29, 0.717) is 72.0 Å². The third-order valence-corrected chi connectivity index (χ3v) is 17.2. The van der Waals surface area contributed by atoms with Gasteiger partial charge in [0, 0.05) is 43.4 Å². The molecule has 3 heterocycles. The fourth-order valence-electron chi connectivity index (χ4n) is 13.4. The standard InChI is InChI=1S/C44H26O2.C42H26O/c1-2-12-27(13-3-1)41-31-15-4-6-17-33(31)42(34-18-7-5-16-32(34)41)36-24-23-29(44-43(36)35-19-9-11-21-39(35)46-44)28-22-25-40-37(26-28)30-14-8-10-20-38(30)45-40;1-2-13-28(14-3-1)39-32-16-6-8-18-34(32)40(35-19-9-7-17-33(35)39)37-25-24-31(30-23-22-27-12-4-5-15-29(27)26-30)42-41(37)36-20-10-11-21-38(36)43-42/h1-26H;1-26H/i4D,5D,6D,7D,15D,16D,17D,18D;6D,7D,8D,9D,16D,17D,18D,19D. The smallest absolute Gasteiger partial charge is 0.143 e. The predicted molar refractivity (Wildman–Crippen MR) is 375 cm³/mol. The minimum atomic E-state index is -0.446. The van der Waals surface area contributed by atoms with E-state index in [0.717, 1.165) is 65.7 Å². The molecule has 19 rings (SSSR count). The summed E-state index contributed by atoms with van der Waals surface area (Å²) < 4.78 is 164. The Kier molecular flexibility index (Phi) is 8.48. The summed E-state index contributed by atoms with van der Waals surface area (Å²) in [6.07, 6.45) is 0. The molecule has 0 unspecified atom stereocenters. The maximum atomic E-state index is 9.39. The molecule has 19 aromatic rings. The van der Waals surface area contributed by atoms with E-state index >= 15 is 0 Å². The van der Waals surface area contributed by atoms with Gasteiger partial charge in [0.1, 0.15) is 33.5 Å². The molecule has 0 saturated heterocycles. The number of para-hydroxylation sites is 3. The molecule has 0 aliphatic heterocycles. The van der Waals surface area contributed by atoms with Gasteiger partial charge in [0.25, 0.3) is 0 Å². The molecule has 89 heavy (non-hydrogen) atoms. The highest BCUT2D eigenvalue weighted by Gasteiger charge is 2.25. The first-order valence-corrected chi connectivity index (χ1v) is 29.2. The molecule has 0 fully saturated rings. The number of rotatable bonds is 6. The van der Waals surface area contributed by atoms with Crippen LogP contribution >= 0.6 is 0 Å². The monoisotopic (exact) mass is 1150 g/mol. The molecule has 3 nitrogen and oxygen atoms in total. The summed E-state index contributed by atoms with van der Waals surface area (Å²) >= 11 is 0. The second-order valence-electron chi connectivity index (χ2n) is 22.0. The highest BCUT2D eigenvalue weighted by atomic mass is 16.3. The summed E-state index contributed by atoms with van der Waals surface area (Å²) in [4.78, 5) is 0. The van der Waals surface area contributed by atoms with E-state index in [1.807, 2.05) is 140 Å². The lowest BCUT2D eigenvalue weighted by atomic mass is 9.84. The fraction of sp³-hybridized carbons (Fsp3) is 0. The lowest BCUT2D eigenvalue weighted by molar-refractivity contribution is 0.668. The van der Waals surface area contributed by atoms with Gasteiger partial charge in [-0.2, -0.15) is 0 Å². The zero-order chi connectivity index (χ0) is 72.4. The lowest BCUT2D eigenvalue weighted by Crippen LogP contribution is -1.91. The number of furan rings is 3. The van der Waals surface area contributed by atoms with Crippen LogP contribution in [0.3, 0.4) is 0 Å². The SMILES string of the molecule is [2H]c1c([2H])c([2H])c2c(-c3ccc(-c4ccc5ccccc5c4)c4oc5ccccc5c34)c3c([2H])c([2H])c([2H])c([2H])c3c(-c3ccccc3)c2c1[2H].[2H]c1c([2H])c([2H])c2c(-c3ccc(-c4ccc5oc6ccccc6c5c4)c4oc5ccccc5c34)c3c([2H])c([2H])c([2H])c([2H])c3c(-c3ccccc3)c2c1[2H]. The molecular formula is C86H52O3. The van der Waals surface area contributed by atoms with Crippen molar-refractivity contribution in [3.63, 3.8) is 0 Å². The van der Waals surface area contributed by atoms with Crippen LogP contribution in [-0.2, 0) is 0 Å². The van der Waals surface area contributed by atoms with Crippen LogP contribution in [-0.4, -0.2) is 0 Å². The van der Waals surface area contributed by atoms with Crippen LogP contribution in [0.25, 0.3) is 186 Å².